The first-order chi connectivity index (χ1) is 11.8. The molecule has 5 nitrogen and oxygen atoms in total. The third-order valence-electron chi connectivity index (χ3n) is 2.98. The van der Waals surface area contributed by atoms with E-state index in [-0.39, 0.29) is 5.88 Å². The van der Waals surface area contributed by atoms with Crippen LogP contribution in [0.3, 0.4) is 0 Å². The number of hydrogen-bond donors (Lipinski definition) is 2. The van der Waals surface area contributed by atoms with Gasteiger partial charge in [-0.1, -0.05) is 30.0 Å². The lowest BCUT2D eigenvalue weighted by molar-refractivity contribution is 0.0803. The maximum atomic E-state index is 13.1. The summed E-state index contributed by atoms with van der Waals surface area (Å²) in [6, 6.07) is 3.61. The van der Waals surface area contributed by atoms with Crippen molar-refractivity contribution in [2.45, 2.75) is 34.1 Å². The predicted molar refractivity (Wildman–Crippen MR) is 105 cm³/mol. The van der Waals surface area contributed by atoms with Crippen LogP contribution in [-0.2, 0) is 0 Å². The van der Waals surface area contributed by atoms with Gasteiger partial charge in [0.15, 0.2) is 5.13 Å². The third-order valence-corrected chi connectivity index (χ3v) is 4.83. The molecule has 0 aliphatic carbocycles. The molecule has 0 bridgehead atoms. The quantitative estimate of drug-likeness (QED) is 0.688. The molecule has 0 aromatic carbocycles. The van der Waals surface area contributed by atoms with Crippen LogP contribution in [-0.4, -0.2) is 16.3 Å². The number of nitrogens with zero attached hydrogens (tertiary/aromatic N) is 2. The standard InChI is InChI=1S/C17H21FN4OS2/c1-9(2)15(25-12(5)19)13-8-24-17(20-13)22-14-7-6-10(3)16(21-14)23-11(4)18/h6-8,11H,5,19H2,1-4H3,(H,20,21,22). The number of thioether (sulfide) groups is 1. The minimum Gasteiger partial charge on any atom is -0.443 e. The summed E-state index contributed by atoms with van der Waals surface area (Å²) < 4.78 is 18.2. The summed E-state index contributed by atoms with van der Waals surface area (Å²) in [4.78, 5) is 9.83. The van der Waals surface area contributed by atoms with Crippen LogP contribution in [0, 0.1) is 6.92 Å². The fourth-order valence-corrected chi connectivity index (χ4v) is 3.40. The van der Waals surface area contributed by atoms with E-state index in [4.69, 9.17) is 10.5 Å². The lowest BCUT2D eigenvalue weighted by atomic mass is 10.3. The number of thiazole rings is 1. The van der Waals surface area contributed by atoms with E-state index in [1.807, 2.05) is 32.2 Å². The van der Waals surface area contributed by atoms with Gasteiger partial charge in [0.2, 0.25) is 12.2 Å². The lowest BCUT2D eigenvalue weighted by Crippen LogP contribution is -2.07. The summed E-state index contributed by atoms with van der Waals surface area (Å²) in [6.45, 7) is 10.9. The minimum absolute atomic E-state index is 0.261. The summed E-state index contributed by atoms with van der Waals surface area (Å²) in [5.41, 5.74) is 8.40. The number of pyridine rings is 1. The molecule has 2 rings (SSSR count). The van der Waals surface area contributed by atoms with Gasteiger partial charge in [-0.15, -0.1) is 11.3 Å². The molecule has 2 heterocycles. The van der Waals surface area contributed by atoms with E-state index in [9.17, 15) is 4.39 Å². The van der Waals surface area contributed by atoms with Crippen molar-refractivity contribution < 1.29 is 9.13 Å². The Hall–Kier alpha value is -2.06. The number of hydrogen-bond acceptors (Lipinski definition) is 7. The van der Waals surface area contributed by atoms with E-state index in [0.717, 1.165) is 21.7 Å². The first-order valence-corrected chi connectivity index (χ1v) is 9.27. The lowest BCUT2D eigenvalue weighted by Gasteiger charge is -2.10. The zero-order valence-corrected chi connectivity index (χ0v) is 16.2. The number of nitrogens with two attached hydrogens (primary N) is 1. The molecule has 0 spiro atoms. The van der Waals surface area contributed by atoms with Crippen molar-refractivity contribution in [2.75, 3.05) is 5.32 Å². The van der Waals surface area contributed by atoms with Gasteiger partial charge in [0.25, 0.3) is 0 Å². The van der Waals surface area contributed by atoms with Crippen LogP contribution in [0.25, 0.3) is 4.91 Å². The average Bonchev–Trinajstić information content (AvgIpc) is 2.95. The number of allylic oxidation sites excluding steroid dienone is 1. The molecule has 134 valence electrons. The number of nitrogens with one attached hydrogen (secondary N) is 1. The van der Waals surface area contributed by atoms with Gasteiger partial charge < -0.3 is 15.8 Å². The fourth-order valence-electron chi connectivity index (χ4n) is 1.94. The number of alkyl halides is 1. The number of anilines is 2. The highest BCUT2D eigenvalue weighted by Crippen LogP contribution is 2.35. The van der Waals surface area contributed by atoms with Gasteiger partial charge in [-0.3, -0.25) is 0 Å². The maximum absolute atomic E-state index is 13.1. The molecule has 0 radical (unpaired) electrons. The minimum atomic E-state index is -1.42. The Kier molecular flexibility index (Phi) is 6.44. The van der Waals surface area contributed by atoms with Crippen molar-refractivity contribution in [3.63, 3.8) is 0 Å². The van der Waals surface area contributed by atoms with Crippen LogP contribution in [0.2, 0.25) is 0 Å². The first kappa shape index (κ1) is 19.3. The Labute approximate surface area is 155 Å². The molecule has 2 aromatic heterocycles. The van der Waals surface area contributed by atoms with Crippen LogP contribution < -0.4 is 15.8 Å². The van der Waals surface area contributed by atoms with Crippen LogP contribution in [0.5, 0.6) is 5.88 Å². The molecule has 1 atom stereocenters. The normalized spacial score (nSPS) is 11.7. The Morgan fingerprint density at radius 2 is 2.12 bits per heavy atom. The Balaban J connectivity index is 2.21. The molecule has 0 amide bonds. The second-order valence-electron chi connectivity index (χ2n) is 5.54. The third kappa shape index (κ3) is 5.47. The monoisotopic (exact) mass is 380 g/mol. The highest BCUT2D eigenvalue weighted by atomic mass is 32.2. The summed E-state index contributed by atoms with van der Waals surface area (Å²) in [5.74, 6) is 0.800. The van der Waals surface area contributed by atoms with Gasteiger partial charge in [-0.25, -0.2) is 9.37 Å². The van der Waals surface area contributed by atoms with Gasteiger partial charge >= 0.3 is 0 Å². The Morgan fingerprint density at radius 1 is 1.40 bits per heavy atom. The van der Waals surface area contributed by atoms with Crippen LogP contribution in [0.4, 0.5) is 15.3 Å². The van der Waals surface area contributed by atoms with E-state index in [1.165, 1.54) is 30.0 Å². The summed E-state index contributed by atoms with van der Waals surface area (Å²) >= 11 is 2.84. The molecule has 0 aliphatic rings. The number of aromatic nitrogens is 2. The highest BCUT2D eigenvalue weighted by molar-refractivity contribution is 8.11. The van der Waals surface area contributed by atoms with E-state index in [1.54, 1.807) is 6.07 Å². The van der Waals surface area contributed by atoms with E-state index >= 15 is 0 Å². The van der Waals surface area contributed by atoms with Crippen molar-refractivity contribution in [3.05, 3.63) is 46.0 Å². The number of rotatable bonds is 7. The zero-order chi connectivity index (χ0) is 18.6. The van der Waals surface area contributed by atoms with Crippen molar-refractivity contribution in [1.29, 1.82) is 0 Å². The van der Waals surface area contributed by atoms with Crippen LogP contribution in [0.15, 0.2) is 34.7 Å². The smallest absolute Gasteiger partial charge is 0.237 e. The van der Waals surface area contributed by atoms with Gasteiger partial charge in [0, 0.05) is 22.8 Å². The molecule has 0 saturated carbocycles. The second kappa shape index (κ2) is 8.35. The fraction of sp³-hybridized carbons (Fsp3) is 0.294. The van der Waals surface area contributed by atoms with Gasteiger partial charge in [0.1, 0.15) is 5.82 Å². The molecule has 3 N–H and O–H groups in total. The summed E-state index contributed by atoms with van der Waals surface area (Å²) in [6.07, 6.45) is -1.42. The highest BCUT2D eigenvalue weighted by Gasteiger charge is 2.12. The second-order valence-corrected chi connectivity index (χ2v) is 7.53. The molecule has 1 unspecified atom stereocenters. The Bertz CT molecular complexity index is 798. The average molecular weight is 381 g/mol. The van der Waals surface area contributed by atoms with Gasteiger partial charge in [-0.05, 0) is 26.8 Å². The molecule has 0 aliphatic heterocycles. The first-order valence-electron chi connectivity index (χ1n) is 7.57. The van der Waals surface area contributed by atoms with Crippen LogP contribution >= 0.6 is 23.1 Å². The van der Waals surface area contributed by atoms with Crippen molar-refractivity contribution in [1.82, 2.24) is 9.97 Å². The van der Waals surface area contributed by atoms with Crippen molar-refractivity contribution >= 4 is 39.0 Å². The molecule has 0 saturated heterocycles. The van der Waals surface area contributed by atoms with Crippen molar-refractivity contribution in [2.24, 2.45) is 5.73 Å². The van der Waals surface area contributed by atoms with E-state index in [0.29, 0.717) is 16.0 Å². The maximum Gasteiger partial charge on any atom is 0.237 e. The largest absolute Gasteiger partial charge is 0.443 e. The topological polar surface area (TPSA) is 73.1 Å². The van der Waals surface area contributed by atoms with E-state index in [2.05, 4.69) is 21.9 Å². The van der Waals surface area contributed by atoms with Gasteiger partial charge in [-0.2, -0.15) is 4.98 Å². The Morgan fingerprint density at radius 3 is 2.72 bits per heavy atom. The SMILES string of the molecule is C=C(N)SC(=C(C)C)c1csc(Nc2ccc(C)c(OC(C)F)n2)n1. The molecule has 0 fully saturated rings. The predicted octanol–water partition coefficient (Wildman–Crippen LogP) is 5.20. The molecule has 8 heteroatoms. The molecular formula is C17H21FN4OS2. The molecule has 25 heavy (non-hydrogen) atoms. The molecule has 2 aromatic rings. The molecular weight excluding hydrogens is 359 g/mol. The number of halogens is 1. The summed E-state index contributed by atoms with van der Waals surface area (Å²) in [5, 5.41) is 6.25. The number of ether oxygens (including phenoxy) is 1. The summed E-state index contributed by atoms with van der Waals surface area (Å²) in [7, 11) is 0. The zero-order valence-electron chi connectivity index (χ0n) is 14.6. The van der Waals surface area contributed by atoms with Crippen LogP contribution in [0.1, 0.15) is 32.0 Å². The van der Waals surface area contributed by atoms with Gasteiger partial charge in [0.05, 0.1) is 10.7 Å². The van der Waals surface area contributed by atoms with E-state index < -0.39 is 6.36 Å². The van der Waals surface area contributed by atoms with Crippen molar-refractivity contribution in [3.8, 4) is 5.88 Å². The number of aryl methyl sites for hydroxylation is 1.